The van der Waals surface area contributed by atoms with Gasteiger partial charge >= 0.3 is 0 Å². The molecular weight excluding hydrogens is 238 g/mol. The third-order valence-electron chi connectivity index (χ3n) is 4.96. The molecule has 0 aliphatic carbocycles. The maximum atomic E-state index is 12.5. The molecule has 0 spiro atoms. The number of hydrogen-bond donors (Lipinski definition) is 0. The summed E-state index contributed by atoms with van der Waals surface area (Å²) in [6, 6.07) is 0. The Labute approximate surface area is 117 Å². The van der Waals surface area contributed by atoms with Gasteiger partial charge in [0.15, 0.2) is 5.78 Å². The second-order valence-electron chi connectivity index (χ2n) is 7.69. The van der Waals surface area contributed by atoms with Crippen molar-refractivity contribution in [1.82, 2.24) is 4.90 Å². The van der Waals surface area contributed by atoms with Crippen LogP contribution in [0.2, 0.25) is 0 Å². The van der Waals surface area contributed by atoms with Crippen molar-refractivity contribution in [3.8, 4) is 0 Å². The second kappa shape index (κ2) is 4.85. The minimum Gasteiger partial charge on any atom is -0.361 e. The summed E-state index contributed by atoms with van der Waals surface area (Å²) in [5.74, 6) is 1.80. The summed E-state index contributed by atoms with van der Waals surface area (Å²) in [6.45, 7) is 15.6. The van der Waals surface area contributed by atoms with Gasteiger partial charge in [0.25, 0.3) is 0 Å². The van der Waals surface area contributed by atoms with Crippen molar-refractivity contribution in [1.29, 1.82) is 0 Å². The number of hydrogen-bond acceptors (Lipinski definition) is 3. The Morgan fingerprint density at radius 3 is 2.37 bits per heavy atom. The van der Waals surface area contributed by atoms with Crippen LogP contribution in [0.3, 0.4) is 0 Å². The lowest BCUT2D eigenvalue weighted by Gasteiger charge is -2.29. The quantitative estimate of drug-likeness (QED) is 0.787. The van der Waals surface area contributed by atoms with E-state index in [1.54, 1.807) is 0 Å². The lowest BCUT2D eigenvalue weighted by Crippen LogP contribution is -2.40. The van der Waals surface area contributed by atoms with Crippen LogP contribution in [0.5, 0.6) is 0 Å². The van der Waals surface area contributed by atoms with Crippen LogP contribution >= 0.6 is 0 Å². The summed E-state index contributed by atoms with van der Waals surface area (Å²) < 4.78 is 5.97. The molecule has 19 heavy (non-hydrogen) atoms. The normalized spacial score (nSPS) is 34.4. The van der Waals surface area contributed by atoms with Crippen LogP contribution in [-0.4, -0.2) is 41.5 Å². The number of nitrogens with zero attached hydrogens (tertiary/aromatic N) is 1. The average molecular weight is 267 g/mol. The minimum absolute atomic E-state index is 0.00779. The van der Waals surface area contributed by atoms with E-state index in [0.717, 1.165) is 31.5 Å². The molecule has 2 rings (SSSR count). The summed E-state index contributed by atoms with van der Waals surface area (Å²) in [5, 5.41) is 0. The van der Waals surface area contributed by atoms with Crippen molar-refractivity contribution in [3.05, 3.63) is 0 Å². The monoisotopic (exact) mass is 267 g/mol. The number of ether oxygens (including phenoxy) is 1. The first-order chi connectivity index (χ1) is 8.63. The van der Waals surface area contributed by atoms with E-state index in [4.69, 9.17) is 4.74 Å². The van der Waals surface area contributed by atoms with Gasteiger partial charge in [0.2, 0.25) is 0 Å². The van der Waals surface area contributed by atoms with Crippen molar-refractivity contribution in [2.45, 2.75) is 59.2 Å². The molecule has 0 aromatic rings. The molecule has 2 atom stereocenters. The van der Waals surface area contributed by atoms with E-state index in [-0.39, 0.29) is 17.3 Å². The summed E-state index contributed by atoms with van der Waals surface area (Å²) in [5.41, 5.74) is -0.957. The van der Waals surface area contributed by atoms with Crippen molar-refractivity contribution < 1.29 is 9.53 Å². The molecule has 2 fully saturated rings. The predicted octanol–water partition coefficient (Wildman–Crippen LogP) is 2.74. The van der Waals surface area contributed by atoms with Gasteiger partial charge in [0, 0.05) is 13.1 Å². The zero-order chi connectivity index (χ0) is 14.4. The highest BCUT2D eigenvalue weighted by atomic mass is 16.5. The van der Waals surface area contributed by atoms with Crippen LogP contribution < -0.4 is 0 Å². The van der Waals surface area contributed by atoms with Crippen molar-refractivity contribution in [2.24, 2.45) is 17.8 Å². The molecular formula is C16H29NO2. The van der Waals surface area contributed by atoms with E-state index < -0.39 is 5.60 Å². The highest BCUT2D eigenvalue weighted by molar-refractivity contribution is 5.91. The van der Waals surface area contributed by atoms with Crippen LogP contribution in [-0.2, 0) is 9.53 Å². The third kappa shape index (κ3) is 2.87. The molecule has 0 bridgehead atoms. The van der Waals surface area contributed by atoms with Crippen LogP contribution in [0.15, 0.2) is 0 Å². The van der Waals surface area contributed by atoms with E-state index in [2.05, 4.69) is 32.6 Å². The van der Waals surface area contributed by atoms with Gasteiger partial charge in [-0.3, -0.25) is 4.79 Å². The topological polar surface area (TPSA) is 29.5 Å². The number of likely N-dealkylation sites (tertiary alicyclic amines) is 1. The smallest absolute Gasteiger partial charge is 0.171 e. The van der Waals surface area contributed by atoms with E-state index in [0.29, 0.717) is 0 Å². The van der Waals surface area contributed by atoms with Gasteiger partial charge < -0.3 is 9.64 Å². The lowest BCUT2D eigenvalue weighted by atomic mass is 9.85. The largest absolute Gasteiger partial charge is 0.361 e. The Morgan fingerprint density at radius 1 is 1.32 bits per heavy atom. The molecule has 0 N–H and O–H groups in total. The van der Waals surface area contributed by atoms with Gasteiger partial charge in [-0.2, -0.15) is 0 Å². The van der Waals surface area contributed by atoms with E-state index in [1.807, 2.05) is 13.8 Å². The van der Waals surface area contributed by atoms with Crippen LogP contribution in [0.25, 0.3) is 0 Å². The zero-order valence-corrected chi connectivity index (χ0v) is 13.3. The van der Waals surface area contributed by atoms with Crippen molar-refractivity contribution in [3.63, 3.8) is 0 Å². The number of Topliss-reactive ketones (excluding diaryl/α,β-unsaturated/α-hetero) is 1. The average Bonchev–Trinajstić information content (AvgIpc) is 2.76. The highest BCUT2D eigenvalue weighted by Crippen LogP contribution is 2.40. The van der Waals surface area contributed by atoms with E-state index in [1.165, 1.54) is 6.42 Å². The van der Waals surface area contributed by atoms with E-state index >= 15 is 0 Å². The predicted molar refractivity (Wildman–Crippen MR) is 77.1 cm³/mol. The molecule has 3 heteroatoms. The minimum atomic E-state index is -0.620. The fourth-order valence-electron chi connectivity index (χ4n) is 3.65. The zero-order valence-electron chi connectivity index (χ0n) is 13.3. The molecule has 2 aliphatic rings. The molecule has 0 aromatic heterocycles. The first-order valence-electron chi connectivity index (χ1n) is 7.60. The van der Waals surface area contributed by atoms with Crippen molar-refractivity contribution >= 4 is 5.78 Å². The SMILES string of the molecule is CC(C)C1CCN(CC2C(=O)C(C)(C)OC2(C)C)C1. The molecule has 2 aliphatic heterocycles. The number of ketones is 1. The summed E-state index contributed by atoms with van der Waals surface area (Å²) in [6.07, 6.45) is 1.27. The molecule has 0 saturated carbocycles. The van der Waals surface area contributed by atoms with Gasteiger partial charge in [0.05, 0.1) is 11.5 Å². The first kappa shape index (κ1) is 15.0. The van der Waals surface area contributed by atoms with Gasteiger partial charge in [-0.05, 0) is 52.5 Å². The Bertz CT molecular complexity index is 360. The van der Waals surface area contributed by atoms with Gasteiger partial charge in [-0.25, -0.2) is 0 Å². The van der Waals surface area contributed by atoms with Crippen molar-refractivity contribution in [2.75, 3.05) is 19.6 Å². The Kier molecular flexibility index (Phi) is 3.83. The van der Waals surface area contributed by atoms with Crippen LogP contribution in [0.1, 0.15) is 48.0 Å². The van der Waals surface area contributed by atoms with Crippen LogP contribution in [0, 0.1) is 17.8 Å². The Hall–Kier alpha value is -0.410. The summed E-state index contributed by atoms with van der Waals surface area (Å²) in [4.78, 5) is 15.0. The van der Waals surface area contributed by atoms with Gasteiger partial charge in [-0.1, -0.05) is 13.8 Å². The number of rotatable bonds is 3. The number of carbonyl (C=O) groups excluding carboxylic acids is 1. The highest BCUT2D eigenvalue weighted by Gasteiger charge is 2.53. The van der Waals surface area contributed by atoms with Crippen LogP contribution in [0.4, 0.5) is 0 Å². The molecule has 110 valence electrons. The first-order valence-corrected chi connectivity index (χ1v) is 7.60. The molecule has 2 saturated heterocycles. The Balaban J connectivity index is 2.02. The Morgan fingerprint density at radius 2 is 1.95 bits per heavy atom. The van der Waals surface area contributed by atoms with Gasteiger partial charge in [-0.15, -0.1) is 0 Å². The maximum absolute atomic E-state index is 12.5. The fourth-order valence-corrected chi connectivity index (χ4v) is 3.65. The standard InChI is InChI=1S/C16H29NO2/c1-11(2)12-7-8-17(9-12)10-13-14(18)16(5,6)19-15(13,3)4/h11-13H,7-10H2,1-6H3. The molecule has 0 amide bonds. The summed E-state index contributed by atoms with van der Waals surface area (Å²) in [7, 11) is 0. The lowest BCUT2D eigenvalue weighted by molar-refractivity contribution is -0.132. The molecule has 2 unspecified atom stereocenters. The third-order valence-corrected chi connectivity index (χ3v) is 4.96. The maximum Gasteiger partial charge on any atom is 0.171 e. The molecule has 0 radical (unpaired) electrons. The van der Waals surface area contributed by atoms with Gasteiger partial charge in [0.1, 0.15) is 5.60 Å². The second-order valence-corrected chi connectivity index (χ2v) is 7.69. The van der Waals surface area contributed by atoms with E-state index in [9.17, 15) is 4.79 Å². The molecule has 2 heterocycles. The fraction of sp³-hybridized carbons (Fsp3) is 0.938. The summed E-state index contributed by atoms with van der Waals surface area (Å²) >= 11 is 0. The number of carbonyl (C=O) groups is 1. The molecule has 3 nitrogen and oxygen atoms in total. The molecule has 0 aromatic carbocycles.